The summed E-state index contributed by atoms with van der Waals surface area (Å²) in [4.78, 5) is 14.4. The number of nitrogens with zero attached hydrogens (tertiary/aromatic N) is 4. The lowest BCUT2D eigenvalue weighted by molar-refractivity contribution is 0.533. The van der Waals surface area contributed by atoms with Crippen LogP contribution in [-0.2, 0) is 12.8 Å². The minimum Gasteiger partial charge on any atom is -0.333 e. The van der Waals surface area contributed by atoms with Gasteiger partial charge in [-0.15, -0.1) is 0 Å². The normalized spacial score (nSPS) is 16.8. The Labute approximate surface area is 304 Å². The standard InChI is InChI=1S/C48H36N4/c1-7-19-43-33(13-1)29-34-14-2-8-20-44(34)51(43)47-23-11-5-17-39(47)37-25-27-49-31-41(37)42-32-50-28-26-38(42)40-18-6-12-24-48(40)52-45-21-9-3-15-35(45)30-36-16-4-10-22-46(36)52/h1-28,31-33,43H,29-30H2. The van der Waals surface area contributed by atoms with Crippen LogP contribution in [0.15, 0.2) is 183 Å². The highest BCUT2D eigenvalue weighted by Crippen LogP contribution is 2.50. The Morgan fingerprint density at radius 1 is 0.423 bits per heavy atom. The van der Waals surface area contributed by atoms with Crippen molar-refractivity contribution in [3.05, 3.63) is 199 Å². The van der Waals surface area contributed by atoms with Crippen LogP contribution in [0, 0.1) is 5.92 Å². The maximum Gasteiger partial charge on any atom is 0.0591 e. The predicted octanol–water partition coefficient (Wildman–Crippen LogP) is 11.7. The van der Waals surface area contributed by atoms with E-state index in [2.05, 4.69) is 168 Å². The molecule has 7 aromatic rings. The first-order valence-electron chi connectivity index (χ1n) is 18.1. The highest BCUT2D eigenvalue weighted by atomic mass is 15.2. The molecule has 2 atom stereocenters. The molecule has 0 N–H and O–H groups in total. The number of hydrogen-bond donors (Lipinski definition) is 0. The van der Waals surface area contributed by atoms with Crippen molar-refractivity contribution in [2.75, 3.05) is 9.80 Å². The SMILES string of the molecule is C1=CC2Cc3ccccc3N(c3ccccc3-c3ccncc3-c3cnccc3-c3ccccc3N3c4ccccc4Cc4ccccc43)C2C=C1. The summed E-state index contributed by atoms with van der Waals surface area (Å²) in [6.45, 7) is 0. The van der Waals surface area contributed by atoms with Crippen LogP contribution in [0.2, 0.25) is 0 Å². The highest BCUT2D eigenvalue weighted by Gasteiger charge is 2.34. The summed E-state index contributed by atoms with van der Waals surface area (Å²) in [6.07, 6.45) is 18.9. The summed E-state index contributed by atoms with van der Waals surface area (Å²) in [5.41, 5.74) is 16.7. The van der Waals surface area contributed by atoms with Crippen LogP contribution in [0.25, 0.3) is 33.4 Å². The molecule has 2 unspecified atom stereocenters. The first-order chi connectivity index (χ1) is 25.8. The molecular formula is C48H36N4. The molecule has 3 aliphatic rings. The van der Waals surface area contributed by atoms with Crippen molar-refractivity contribution >= 4 is 28.4 Å². The number of pyridine rings is 2. The second-order valence-electron chi connectivity index (χ2n) is 13.8. The molecule has 248 valence electrons. The van der Waals surface area contributed by atoms with E-state index in [1.165, 1.54) is 45.0 Å². The van der Waals surface area contributed by atoms with E-state index < -0.39 is 0 Å². The summed E-state index contributed by atoms with van der Waals surface area (Å²) in [6, 6.07) is 48.6. The van der Waals surface area contributed by atoms with E-state index in [0.29, 0.717) is 5.92 Å². The molecule has 0 amide bonds. The van der Waals surface area contributed by atoms with Gasteiger partial charge < -0.3 is 9.80 Å². The van der Waals surface area contributed by atoms with Gasteiger partial charge in [0, 0.05) is 82.1 Å². The van der Waals surface area contributed by atoms with Crippen molar-refractivity contribution in [1.82, 2.24) is 9.97 Å². The van der Waals surface area contributed by atoms with Gasteiger partial charge >= 0.3 is 0 Å². The molecule has 2 aliphatic heterocycles. The second-order valence-corrected chi connectivity index (χ2v) is 13.8. The first-order valence-corrected chi connectivity index (χ1v) is 18.1. The molecule has 1 aliphatic carbocycles. The monoisotopic (exact) mass is 668 g/mol. The fraction of sp³-hybridized carbons (Fsp3) is 0.0833. The van der Waals surface area contributed by atoms with Gasteiger partial charge in [0.2, 0.25) is 0 Å². The van der Waals surface area contributed by atoms with Crippen molar-refractivity contribution in [3.63, 3.8) is 0 Å². The third-order valence-electron chi connectivity index (χ3n) is 10.9. The zero-order valence-electron chi connectivity index (χ0n) is 28.7. The van der Waals surface area contributed by atoms with Gasteiger partial charge in [0.15, 0.2) is 0 Å². The van der Waals surface area contributed by atoms with E-state index in [0.717, 1.165) is 46.3 Å². The molecule has 4 nitrogen and oxygen atoms in total. The van der Waals surface area contributed by atoms with Gasteiger partial charge in [-0.2, -0.15) is 0 Å². The average Bonchev–Trinajstić information content (AvgIpc) is 3.22. The van der Waals surface area contributed by atoms with Crippen molar-refractivity contribution in [2.45, 2.75) is 18.9 Å². The Morgan fingerprint density at radius 3 is 1.58 bits per heavy atom. The van der Waals surface area contributed by atoms with Crippen LogP contribution >= 0.6 is 0 Å². The molecule has 4 heteroatoms. The first kappa shape index (κ1) is 30.3. The Morgan fingerprint density at radius 2 is 0.923 bits per heavy atom. The van der Waals surface area contributed by atoms with Gasteiger partial charge in [-0.1, -0.05) is 115 Å². The van der Waals surface area contributed by atoms with Crippen LogP contribution in [0.3, 0.4) is 0 Å². The average molecular weight is 669 g/mol. The smallest absolute Gasteiger partial charge is 0.0591 e. The number of para-hydroxylation sites is 5. The number of hydrogen-bond acceptors (Lipinski definition) is 4. The number of fused-ring (bicyclic) bond motifs is 4. The van der Waals surface area contributed by atoms with Crippen molar-refractivity contribution in [1.29, 1.82) is 0 Å². The van der Waals surface area contributed by atoms with Gasteiger partial charge in [0.25, 0.3) is 0 Å². The van der Waals surface area contributed by atoms with Gasteiger partial charge in [0.05, 0.1) is 11.7 Å². The molecule has 4 heterocycles. The Hall–Kier alpha value is -6.52. The minimum absolute atomic E-state index is 0.225. The molecule has 2 aromatic heterocycles. The quantitative estimate of drug-likeness (QED) is 0.183. The largest absolute Gasteiger partial charge is 0.333 e. The molecule has 0 spiro atoms. The van der Waals surface area contributed by atoms with Gasteiger partial charge in [-0.25, -0.2) is 0 Å². The summed E-state index contributed by atoms with van der Waals surface area (Å²) in [7, 11) is 0. The molecule has 0 bridgehead atoms. The third kappa shape index (κ3) is 4.98. The molecule has 0 fully saturated rings. The fourth-order valence-electron chi connectivity index (χ4n) is 8.58. The van der Waals surface area contributed by atoms with Crippen LogP contribution < -0.4 is 9.80 Å². The lowest BCUT2D eigenvalue weighted by atomic mass is 9.82. The summed E-state index contributed by atoms with van der Waals surface area (Å²) >= 11 is 0. The van der Waals surface area contributed by atoms with Crippen LogP contribution in [0.5, 0.6) is 0 Å². The van der Waals surface area contributed by atoms with E-state index >= 15 is 0 Å². The molecule has 0 saturated carbocycles. The molecule has 52 heavy (non-hydrogen) atoms. The van der Waals surface area contributed by atoms with Gasteiger partial charge in [-0.3, -0.25) is 9.97 Å². The second kappa shape index (κ2) is 12.7. The van der Waals surface area contributed by atoms with E-state index in [1.54, 1.807) is 0 Å². The van der Waals surface area contributed by atoms with Gasteiger partial charge in [0.1, 0.15) is 0 Å². The Kier molecular flexibility index (Phi) is 7.38. The van der Waals surface area contributed by atoms with E-state index in [-0.39, 0.29) is 6.04 Å². The predicted molar refractivity (Wildman–Crippen MR) is 214 cm³/mol. The molecule has 5 aromatic carbocycles. The number of aromatic nitrogens is 2. The number of benzene rings is 5. The van der Waals surface area contributed by atoms with Crippen molar-refractivity contribution in [3.8, 4) is 33.4 Å². The zero-order valence-corrected chi connectivity index (χ0v) is 28.7. The maximum absolute atomic E-state index is 4.73. The van der Waals surface area contributed by atoms with Crippen molar-refractivity contribution in [2.24, 2.45) is 5.92 Å². The minimum atomic E-state index is 0.225. The third-order valence-corrected chi connectivity index (χ3v) is 10.9. The molecule has 0 radical (unpaired) electrons. The van der Waals surface area contributed by atoms with E-state index in [4.69, 9.17) is 9.97 Å². The van der Waals surface area contributed by atoms with Crippen LogP contribution in [0.4, 0.5) is 28.4 Å². The zero-order chi connectivity index (χ0) is 34.4. The summed E-state index contributed by atoms with van der Waals surface area (Å²) in [5.74, 6) is 0.399. The molecular weight excluding hydrogens is 633 g/mol. The van der Waals surface area contributed by atoms with E-state index in [1.807, 2.05) is 24.8 Å². The van der Waals surface area contributed by atoms with Crippen molar-refractivity contribution < 1.29 is 0 Å². The molecule has 0 saturated heterocycles. The highest BCUT2D eigenvalue weighted by molar-refractivity contribution is 5.99. The number of anilines is 5. The van der Waals surface area contributed by atoms with E-state index in [9.17, 15) is 0 Å². The Balaban J connectivity index is 1.15. The lowest BCUT2D eigenvalue weighted by Crippen LogP contribution is -2.41. The lowest BCUT2D eigenvalue weighted by Gasteiger charge is -2.43. The maximum atomic E-state index is 4.73. The van der Waals surface area contributed by atoms with Gasteiger partial charge in [-0.05, 0) is 76.7 Å². The summed E-state index contributed by atoms with van der Waals surface area (Å²) in [5, 5.41) is 0. The summed E-state index contributed by atoms with van der Waals surface area (Å²) < 4.78 is 0. The fourth-order valence-corrected chi connectivity index (χ4v) is 8.58. The number of rotatable bonds is 5. The Bertz CT molecular complexity index is 2480. The molecule has 10 rings (SSSR count). The van der Waals surface area contributed by atoms with Crippen LogP contribution in [0.1, 0.15) is 16.7 Å². The van der Waals surface area contributed by atoms with Crippen LogP contribution in [-0.4, -0.2) is 16.0 Å². The number of allylic oxidation sites excluding steroid dienone is 2. The topological polar surface area (TPSA) is 32.3 Å².